The summed E-state index contributed by atoms with van der Waals surface area (Å²) in [6.07, 6.45) is 5.48. The van der Waals surface area contributed by atoms with Gasteiger partial charge in [-0.25, -0.2) is 4.98 Å². The lowest BCUT2D eigenvalue weighted by Gasteiger charge is -1.91. The molecule has 10 heavy (non-hydrogen) atoms. The minimum absolute atomic E-state index is 0.929. The molecule has 0 aliphatic carbocycles. The molecular formula is C7H4BrN2. The molecule has 0 spiro atoms. The molecule has 3 heteroatoms. The topological polar surface area (TPSA) is 17.3 Å². The van der Waals surface area contributed by atoms with Crippen molar-refractivity contribution in [3.63, 3.8) is 0 Å². The van der Waals surface area contributed by atoms with Gasteiger partial charge in [0, 0.05) is 24.7 Å². The van der Waals surface area contributed by atoms with Gasteiger partial charge in [0.15, 0.2) is 5.65 Å². The molecule has 0 saturated carbocycles. The van der Waals surface area contributed by atoms with Crippen molar-refractivity contribution in [3.05, 3.63) is 35.2 Å². The Morgan fingerprint density at radius 1 is 1.60 bits per heavy atom. The largest absolute Gasteiger partial charge is 0.306 e. The molecule has 0 N–H and O–H groups in total. The molecule has 2 aromatic rings. The molecule has 0 unspecified atom stereocenters. The number of nitrogens with zero attached hydrogens (tertiary/aromatic N) is 2. The first kappa shape index (κ1) is 5.92. The summed E-state index contributed by atoms with van der Waals surface area (Å²) in [5.41, 5.74) is 0.929. The van der Waals surface area contributed by atoms with Crippen molar-refractivity contribution in [2.75, 3.05) is 0 Å². The lowest BCUT2D eigenvalue weighted by atomic mass is 10.5. The maximum absolute atomic E-state index is 4.11. The number of hydrogen-bond acceptors (Lipinski definition) is 1. The molecule has 0 aliphatic rings. The minimum atomic E-state index is 0.929. The van der Waals surface area contributed by atoms with E-state index in [-0.39, 0.29) is 0 Å². The highest BCUT2D eigenvalue weighted by Gasteiger charge is 1.95. The summed E-state index contributed by atoms with van der Waals surface area (Å²) >= 11 is 3.36. The number of fused-ring (bicyclic) bond motifs is 1. The zero-order valence-electron chi connectivity index (χ0n) is 5.08. The number of imidazole rings is 1. The van der Waals surface area contributed by atoms with Crippen molar-refractivity contribution in [1.82, 2.24) is 9.38 Å². The van der Waals surface area contributed by atoms with Crippen LogP contribution in [0.1, 0.15) is 0 Å². The first-order chi connectivity index (χ1) is 4.88. The molecule has 2 heterocycles. The van der Waals surface area contributed by atoms with Gasteiger partial charge in [-0.05, 0) is 22.0 Å². The van der Waals surface area contributed by atoms with E-state index in [2.05, 4.69) is 27.0 Å². The maximum atomic E-state index is 4.11. The van der Waals surface area contributed by atoms with Crippen LogP contribution in [0.15, 0.2) is 29.1 Å². The maximum Gasteiger partial charge on any atom is 0.151 e. The number of pyridine rings is 1. The van der Waals surface area contributed by atoms with Crippen LogP contribution in [0.25, 0.3) is 5.65 Å². The van der Waals surface area contributed by atoms with Crippen molar-refractivity contribution < 1.29 is 0 Å². The van der Waals surface area contributed by atoms with Gasteiger partial charge in [0.25, 0.3) is 0 Å². The van der Waals surface area contributed by atoms with Crippen LogP contribution >= 0.6 is 15.9 Å². The number of rotatable bonds is 0. The molecule has 2 rings (SSSR count). The van der Waals surface area contributed by atoms with Crippen LogP contribution in [-0.2, 0) is 0 Å². The van der Waals surface area contributed by atoms with E-state index in [0.717, 1.165) is 10.1 Å². The van der Waals surface area contributed by atoms with Crippen LogP contribution in [-0.4, -0.2) is 9.38 Å². The fraction of sp³-hybridized carbons (Fsp3) is 0. The van der Waals surface area contributed by atoms with Crippen LogP contribution in [0, 0.1) is 6.07 Å². The highest BCUT2D eigenvalue weighted by molar-refractivity contribution is 9.10. The first-order valence-electron chi connectivity index (χ1n) is 2.86. The fourth-order valence-electron chi connectivity index (χ4n) is 0.857. The quantitative estimate of drug-likeness (QED) is 0.628. The highest BCUT2D eigenvalue weighted by Crippen LogP contribution is 2.13. The molecule has 0 aromatic carbocycles. The van der Waals surface area contributed by atoms with Gasteiger partial charge in [-0.3, -0.25) is 0 Å². The molecule has 1 radical (unpaired) electrons. The SMILES string of the molecule is Brc1c[c]cn2ccnc12. The van der Waals surface area contributed by atoms with Gasteiger partial charge in [-0.2, -0.15) is 0 Å². The second kappa shape index (κ2) is 2.09. The molecule has 0 aliphatic heterocycles. The second-order valence-electron chi connectivity index (χ2n) is 1.95. The number of halogens is 1. The van der Waals surface area contributed by atoms with E-state index in [1.807, 2.05) is 22.9 Å². The van der Waals surface area contributed by atoms with Crippen molar-refractivity contribution in [1.29, 1.82) is 0 Å². The summed E-state index contributed by atoms with van der Waals surface area (Å²) < 4.78 is 2.88. The number of hydrogen-bond donors (Lipinski definition) is 0. The zero-order valence-corrected chi connectivity index (χ0v) is 6.67. The molecule has 0 bridgehead atoms. The van der Waals surface area contributed by atoms with Gasteiger partial charge in [0.2, 0.25) is 0 Å². The molecule has 49 valence electrons. The third kappa shape index (κ3) is 0.743. The molecule has 0 amide bonds. The molecule has 0 atom stereocenters. The van der Waals surface area contributed by atoms with Crippen molar-refractivity contribution >= 4 is 21.6 Å². The zero-order chi connectivity index (χ0) is 6.97. The predicted octanol–water partition coefficient (Wildman–Crippen LogP) is 1.90. The van der Waals surface area contributed by atoms with Crippen LogP contribution in [0.3, 0.4) is 0 Å². The van der Waals surface area contributed by atoms with Crippen LogP contribution in [0.2, 0.25) is 0 Å². The van der Waals surface area contributed by atoms with Gasteiger partial charge in [0.1, 0.15) is 0 Å². The average molecular weight is 196 g/mol. The first-order valence-corrected chi connectivity index (χ1v) is 3.65. The van der Waals surface area contributed by atoms with Crippen LogP contribution in [0.5, 0.6) is 0 Å². The lowest BCUT2D eigenvalue weighted by Crippen LogP contribution is -1.81. The third-order valence-corrected chi connectivity index (χ3v) is 1.89. The Kier molecular flexibility index (Phi) is 1.24. The van der Waals surface area contributed by atoms with Gasteiger partial charge in [0.05, 0.1) is 4.47 Å². The summed E-state index contributed by atoms with van der Waals surface area (Å²) in [4.78, 5) is 4.11. The Morgan fingerprint density at radius 3 is 3.30 bits per heavy atom. The average Bonchev–Trinajstić information content (AvgIpc) is 2.36. The molecule has 0 fully saturated rings. The normalized spacial score (nSPS) is 10.5. The van der Waals surface area contributed by atoms with Crippen molar-refractivity contribution in [2.24, 2.45) is 0 Å². The van der Waals surface area contributed by atoms with Crippen molar-refractivity contribution in [2.45, 2.75) is 0 Å². The monoisotopic (exact) mass is 195 g/mol. The minimum Gasteiger partial charge on any atom is -0.306 e. The predicted molar refractivity (Wildman–Crippen MR) is 41.7 cm³/mol. The van der Waals surface area contributed by atoms with E-state index in [9.17, 15) is 0 Å². The van der Waals surface area contributed by atoms with E-state index < -0.39 is 0 Å². The highest BCUT2D eigenvalue weighted by atomic mass is 79.9. The Morgan fingerprint density at radius 2 is 2.50 bits per heavy atom. The third-order valence-electron chi connectivity index (χ3n) is 1.31. The fourth-order valence-corrected chi connectivity index (χ4v) is 1.30. The van der Waals surface area contributed by atoms with E-state index >= 15 is 0 Å². The van der Waals surface area contributed by atoms with E-state index in [4.69, 9.17) is 0 Å². The Balaban J connectivity index is 2.95. The van der Waals surface area contributed by atoms with E-state index in [0.29, 0.717) is 0 Å². The molecule has 0 saturated heterocycles. The number of aromatic nitrogens is 2. The van der Waals surface area contributed by atoms with E-state index in [1.54, 1.807) is 6.20 Å². The van der Waals surface area contributed by atoms with Crippen LogP contribution in [0.4, 0.5) is 0 Å². The van der Waals surface area contributed by atoms with E-state index in [1.165, 1.54) is 0 Å². The summed E-state index contributed by atoms with van der Waals surface area (Å²) in [7, 11) is 0. The smallest absolute Gasteiger partial charge is 0.151 e. The Hall–Kier alpha value is -0.830. The summed E-state index contributed by atoms with van der Waals surface area (Å²) in [6.45, 7) is 0. The summed E-state index contributed by atoms with van der Waals surface area (Å²) in [5.74, 6) is 0. The Labute approximate surface area is 66.6 Å². The summed E-state index contributed by atoms with van der Waals surface area (Å²) in [5, 5.41) is 0. The standard InChI is InChI=1S/C7H4BrN2/c8-6-2-1-4-10-5-3-9-7(6)10/h2-5H. The summed E-state index contributed by atoms with van der Waals surface area (Å²) in [6, 6.07) is 4.82. The second-order valence-corrected chi connectivity index (χ2v) is 2.80. The van der Waals surface area contributed by atoms with Gasteiger partial charge >= 0.3 is 0 Å². The lowest BCUT2D eigenvalue weighted by molar-refractivity contribution is 1.17. The van der Waals surface area contributed by atoms with Crippen LogP contribution < -0.4 is 0 Å². The van der Waals surface area contributed by atoms with Crippen molar-refractivity contribution in [3.8, 4) is 0 Å². The molecule has 2 aromatic heterocycles. The molecular weight excluding hydrogens is 192 g/mol. The Bertz CT molecular complexity index is 353. The van der Waals surface area contributed by atoms with Gasteiger partial charge in [-0.15, -0.1) is 0 Å². The van der Waals surface area contributed by atoms with Gasteiger partial charge in [-0.1, -0.05) is 0 Å². The van der Waals surface area contributed by atoms with Gasteiger partial charge < -0.3 is 4.40 Å². The molecule has 2 nitrogen and oxygen atoms in total.